The second-order valence-electron chi connectivity index (χ2n) is 3.71. The van der Waals surface area contributed by atoms with E-state index in [-0.39, 0.29) is 0 Å². The molecule has 0 saturated heterocycles. The van der Waals surface area contributed by atoms with Crippen molar-refractivity contribution in [2.45, 2.75) is 30.1 Å². The van der Waals surface area contributed by atoms with E-state index in [0.29, 0.717) is 0 Å². The Balaban J connectivity index is 5.77. The molecule has 15 heteroatoms. The maximum absolute atomic E-state index is 12.7. The van der Waals surface area contributed by atoms with Gasteiger partial charge in [-0.15, -0.1) is 0 Å². The summed E-state index contributed by atoms with van der Waals surface area (Å²) in [5, 5.41) is 0. The van der Waals surface area contributed by atoms with Crippen LogP contribution in [0.3, 0.4) is 0 Å². The van der Waals surface area contributed by atoms with E-state index < -0.39 is 48.6 Å². The second-order valence-corrected chi connectivity index (χ2v) is 3.71. The van der Waals surface area contributed by atoms with Crippen molar-refractivity contribution in [1.29, 1.82) is 0 Å². The average molecular weight is 380 g/mol. The zero-order valence-corrected chi connectivity index (χ0v) is 9.91. The first kappa shape index (κ1) is 21.6. The van der Waals surface area contributed by atoms with Crippen molar-refractivity contribution >= 4 is 0 Å². The van der Waals surface area contributed by atoms with Gasteiger partial charge in [0.1, 0.15) is 0 Å². The normalized spacial score (nSPS) is 16.3. The van der Waals surface area contributed by atoms with Crippen LogP contribution in [0.15, 0.2) is 11.8 Å². The van der Waals surface area contributed by atoms with Gasteiger partial charge in [0.15, 0.2) is 6.61 Å². The largest absolute Gasteiger partial charge is 0.460 e. The van der Waals surface area contributed by atoms with Crippen LogP contribution in [0.4, 0.5) is 61.5 Å². The SMILES string of the molecule is FC(OCC(F)(F)F)=C(F)C(F)(F)C(F)(F)C(F)(F)C(F)(F)F. The number of alkyl halides is 12. The van der Waals surface area contributed by atoms with Crippen molar-refractivity contribution in [2.75, 3.05) is 6.61 Å². The van der Waals surface area contributed by atoms with E-state index in [9.17, 15) is 61.5 Å². The third-order valence-electron chi connectivity index (χ3n) is 1.96. The molecule has 0 fully saturated rings. The standard InChI is InChI=1S/C8H2F14O/c9-2(3(10)23-1-4(11,12)13)5(14,15)6(16,17)7(18,19)8(20,21)22/h1H2. The van der Waals surface area contributed by atoms with Gasteiger partial charge in [-0.3, -0.25) is 0 Å². The lowest BCUT2D eigenvalue weighted by molar-refractivity contribution is -0.392. The molecule has 0 aliphatic carbocycles. The van der Waals surface area contributed by atoms with Crippen molar-refractivity contribution in [3.05, 3.63) is 11.8 Å². The van der Waals surface area contributed by atoms with Gasteiger partial charge in [0, 0.05) is 0 Å². The number of hydrogen-bond acceptors (Lipinski definition) is 1. The molecule has 0 bridgehead atoms. The molecule has 0 N–H and O–H groups in total. The number of hydrogen-bond donors (Lipinski definition) is 0. The van der Waals surface area contributed by atoms with Crippen LogP contribution in [0.1, 0.15) is 0 Å². The average Bonchev–Trinajstić information content (AvgIpc) is 2.32. The molecule has 0 radical (unpaired) electrons. The second kappa shape index (κ2) is 5.89. The van der Waals surface area contributed by atoms with Crippen LogP contribution in [0.2, 0.25) is 0 Å². The molecule has 1 nitrogen and oxygen atoms in total. The highest BCUT2D eigenvalue weighted by Gasteiger charge is 2.83. The first-order chi connectivity index (χ1) is 9.79. The highest BCUT2D eigenvalue weighted by atomic mass is 19.4. The maximum Gasteiger partial charge on any atom is 0.460 e. The van der Waals surface area contributed by atoms with Crippen molar-refractivity contribution < 1.29 is 66.2 Å². The molecule has 23 heavy (non-hydrogen) atoms. The molecule has 0 unspecified atom stereocenters. The maximum atomic E-state index is 12.7. The number of allylic oxidation sites excluding steroid dienone is 1. The van der Waals surface area contributed by atoms with Crippen LogP contribution in [-0.2, 0) is 4.74 Å². The molecular weight excluding hydrogens is 378 g/mol. The Bertz CT molecular complexity index is 454. The highest BCUT2D eigenvalue weighted by Crippen LogP contribution is 2.55. The molecule has 0 saturated carbocycles. The van der Waals surface area contributed by atoms with E-state index in [0.717, 1.165) is 0 Å². The predicted octanol–water partition coefficient (Wildman–Crippen LogP) is 5.14. The summed E-state index contributed by atoms with van der Waals surface area (Å²) in [6.07, 6.45) is -12.8. The lowest BCUT2D eigenvalue weighted by atomic mass is 10.0. The zero-order chi connectivity index (χ0) is 19.1. The zero-order valence-electron chi connectivity index (χ0n) is 9.91. The van der Waals surface area contributed by atoms with Crippen LogP contribution >= 0.6 is 0 Å². The Morgan fingerprint density at radius 2 is 1.04 bits per heavy atom. The molecule has 0 amide bonds. The first-order valence-electron chi connectivity index (χ1n) is 4.74. The Kier molecular flexibility index (Phi) is 5.52. The van der Waals surface area contributed by atoms with Crippen molar-refractivity contribution in [1.82, 2.24) is 0 Å². The van der Waals surface area contributed by atoms with E-state index in [2.05, 4.69) is 4.74 Å². The van der Waals surface area contributed by atoms with Gasteiger partial charge in [-0.05, 0) is 0 Å². The van der Waals surface area contributed by atoms with Gasteiger partial charge in [0.05, 0.1) is 0 Å². The molecule has 0 rings (SSSR count). The van der Waals surface area contributed by atoms with Gasteiger partial charge in [-0.1, -0.05) is 0 Å². The number of rotatable bonds is 5. The topological polar surface area (TPSA) is 9.23 Å². The summed E-state index contributed by atoms with van der Waals surface area (Å²) >= 11 is 0. The monoisotopic (exact) mass is 380 g/mol. The molecule has 0 aliphatic heterocycles. The summed E-state index contributed by atoms with van der Waals surface area (Å²) < 4.78 is 173. The minimum Gasteiger partial charge on any atom is -0.459 e. The molecule has 0 aromatic rings. The van der Waals surface area contributed by atoms with Gasteiger partial charge in [0.2, 0.25) is 5.83 Å². The molecule has 0 aliphatic rings. The van der Waals surface area contributed by atoms with Gasteiger partial charge in [-0.25, -0.2) is 0 Å². The summed E-state index contributed by atoms with van der Waals surface area (Å²) in [6, 6.07) is -3.73. The van der Waals surface area contributed by atoms with E-state index in [1.54, 1.807) is 0 Å². The third kappa shape index (κ3) is 4.10. The fourth-order valence-corrected chi connectivity index (χ4v) is 0.845. The van der Waals surface area contributed by atoms with E-state index >= 15 is 0 Å². The van der Waals surface area contributed by atoms with Gasteiger partial charge in [0.25, 0.3) is 0 Å². The molecule has 0 aromatic heterocycles. The van der Waals surface area contributed by atoms with Crippen LogP contribution in [0.25, 0.3) is 0 Å². The van der Waals surface area contributed by atoms with Crippen molar-refractivity contribution in [3.63, 3.8) is 0 Å². The Labute approximate surface area is 116 Å². The van der Waals surface area contributed by atoms with Crippen LogP contribution < -0.4 is 0 Å². The fourth-order valence-electron chi connectivity index (χ4n) is 0.845. The van der Waals surface area contributed by atoms with Gasteiger partial charge >= 0.3 is 36.1 Å². The van der Waals surface area contributed by atoms with Crippen LogP contribution in [0.5, 0.6) is 0 Å². The fraction of sp³-hybridized carbons (Fsp3) is 0.750. The molecule has 0 aromatic carbocycles. The third-order valence-corrected chi connectivity index (χ3v) is 1.96. The summed E-state index contributed by atoms with van der Waals surface area (Å²) in [5.41, 5.74) is 0. The molecule has 0 heterocycles. The minimum atomic E-state index is -7.57. The summed E-state index contributed by atoms with van der Waals surface area (Å²) in [7, 11) is 0. The summed E-state index contributed by atoms with van der Waals surface area (Å²) in [6.45, 7) is -2.84. The Morgan fingerprint density at radius 3 is 1.35 bits per heavy atom. The lowest BCUT2D eigenvalue weighted by Crippen LogP contribution is -2.61. The van der Waals surface area contributed by atoms with E-state index in [1.807, 2.05) is 0 Å². The van der Waals surface area contributed by atoms with Crippen LogP contribution in [-0.4, -0.2) is 36.7 Å². The van der Waals surface area contributed by atoms with Gasteiger partial charge in [-0.2, -0.15) is 61.5 Å². The Hall–Kier alpha value is -1.44. The molecule has 0 atom stereocenters. The lowest BCUT2D eigenvalue weighted by Gasteiger charge is -2.32. The summed E-state index contributed by atoms with van der Waals surface area (Å²) in [4.78, 5) is 0. The molecular formula is C8H2F14O. The van der Waals surface area contributed by atoms with Gasteiger partial charge < -0.3 is 4.74 Å². The smallest absolute Gasteiger partial charge is 0.459 e. The molecule has 0 spiro atoms. The quantitative estimate of drug-likeness (QED) is 0.474. The number of ether oxygens (including phenoxy) is 1. The summed E-state index contributed by atoms with van der Waals surface area (Å²) in [5.74, 6) is -26.6. The van der Waals surface area contributed by atoms with Crippen molar-refractivity contribution in [2.24, 2.45) is 0 Å². The highest BCUT2D eigenvalue weighted by molar-refractivity contribution is 5.16. The molecule has 138 valence electrons. The van der Waals surface area contributed by atoms with E-state index in [1.165, 1.54) is 0 Å². The first-order valence-corrected chi connectivity index (χ1v) is 4.74. The minimum absolute atomic E-state index is 2.62. The van der Waals surface area contributed by atoms with Crippen molar-refractivity contribution in [3.8, 4) is 0 Å². The Morgan fingerprint density at radius 1 is 0.652 bits per heavy atom. The number of halogens is 14. The van der Waals surface area contributed by atoms with E-state index in [4.69, 9.17) is 0 Å². The van der Waals surface area contributed by atoms with Crippen LogP contribution in [0, 0.1) is 0 Å². The predicted molar refractivity (Wildman–Crippen MR) is 42.1 cm³/mol.